The average Bonchev–Trinajstić information content (AvgIpc) is 3.18. The maximum Gasteiger partial charge on any atom is 0.275 e. The number of hydrogen-bond acceptors (Lipinski definition) is 3. The second kappa shape index (κ2) is 6.64. The fourth-order valence-electron chi connectivity index (χ4n) is 4.53. The molecule has 3 atom stereocenters. The Balaban J connectivity index is 1.73. The molecule has 4 rings (SSSR count). The van der Waals surface area contributed by atoms with Crippen molar-refractivity contribution in [3.8, 4) is 0 Å². The van der Waals surface area contributed by atoms with Crippen molar-refractivity contribution in [2.75, 3.05) is 13.6 Å². The van der Waals surface area contributed by atoms with Crippen LogP contribution in [0.4, 0.5) is 0 Å². The normalized spacial score (nSPS) is 27.1. The maximum absolute atomic E-state index is 13.3. The van der Waals surface area contributed by atoms with Gasteiger partial charge in [-0.15, -0.1) is 0 Å². The highest BCUT2D eigenvalue weighted by Gasteiger charge is 2.46. The zero-order valence-corrected chi connectivity index (χ0v) is 15.0. The van der Waals surface area contributed by atoms with E-state index in [0.717, 1.165) is 19.4 Å². The molecule has 0 bridgehead atoms. The first-order valence-electron chi connectivity index (χ1n) is 9.22. The van der Waals surface area contributed by atoms with E-state index in [9.17, 15) is 4.79 Å². The summed E-state index contributed by atoms with van der Waals surface area (Å²) in [5, 5.41) is 4.38. The maximum atomic E-state index is 13.3. The standard InChI is InChI=1S/C20H26N4O/c1-22-12-7-6-10-17-19(22)14-18(15-8-4-3-5-9-15)24(17)20(25)16-11-13-23(2)21-16/h3-5,8-9,11,13,17-19H,6-7,10,12,14H2,1-2H3/t17-,18-,19+/m0/s1. The second-order valence-electron chi connectivity index (χ2n) is 7.36. The molecule has 2 saturated heterocycles. The van der Waals surface area contributed by atoms with Crippen molar-refractivity contribution in [3.63, 3.8) is 0 Å². The van der Waals surface area contributed by atoms with Gasteiger partial charge in [-0.1, -0.05) is 36.8 Å². The van der Waals surface area contributed by atoms with Crippen molar-refractivity contribution in [2.24, 2.45) is 7.05 Å². The van der Waals surface area contributed by atoms with Crippen LogP contribution >= 0.6 is 0 Å². The number of carbonyl (C=O) groups excluding carboxylic acids is 1. The molecule has 0 N–H and O–H groups in total. The van der Waals surface area contributed by atoms with Gasteiger partial charge < -0.3 is 9.80 Å². The van der Waals surface area contributed by atoms with Crippen LogP contribution in [0.15, 0.2) is 42.6 Å². The van der Waals surface area contributed by atoms with E-state index in [4.69, 9.17) is 0 Å². The van der Waals surface area contributed by atoms with Gasteiger partial charge in [0.2, 0.25) is 0 Å². The van der Waals surface area contributed by atoms with Crippen LogP contribution in [0.5, 0.6) is 0 Å². The van der Waals surface area contributed by atoms with Crippen LogP contribution in [0.2, 0.25) is 0 Å². The van der Waals surface area contributed by atoms with Crippen molar-refractivity contribution in [2.45, 2.75) is 43.8 Å². The van der Waals surface area contributed by atoms with E-state index < -0.39 is 0 Å². The minimum absolute atomic E-state index is 0.0669. The van der Waals surface area contributed by atoms with E-state index in [1.165, 1.54) is 18.4 Å². The van der Waals surface area contributed by atoms with Crippen LogP contribution in [-0.2, 0) is 7.05 Å². The van der Waals surface area contributed by atoms with Crippen molar-refractivity contribution in [1.82, 2.24) is 19.6 Å². The van der Waals surface area contributed by atoms with Crippen molar-refractivity contribution < 1.29 is 4.79 Å². The number of aromatic nitrogens is 2. The molecule has 2 aromatic rings. The van der Waals surface area contributed by atoms with Crippen LogP contribution in [0.3, 0.4) is 0 Å². The fraction of sp³-hybridized carbons (Fsp3) is 0.500. The van der Waals surface area contributed by atoms with Crippen LogP contribution < -0.4 is 0 Å². The van der Waals surface area contributed by atoms with Crippen LogP contribution in [0.25, 0.3) is 0 Å². The lowest BCUT2D eigenvalue weighted by molar-refractivity contribution is 0.0625. The molecular formula is C20H26N4O. The number of fused-ring (bicyclic) bond motifs is 1. The number of nitrogens with zero attached hydrogens (tertiary/aromatic N) is 4. The number of likely N-dealkylation sites (N-methyl/N-ethyl adjacent to an activating group) is 1. The van der Waals surface area contributed by atoms with Crippen molar-refractivity contribution in [1.29, 1.82) is 0 Å². The number of carbonyl (C=O) groups is 1. The monoisotopic (exact) mass is 338 g/mol. The molecule has 2 aliphatic rings. The average molecular weight is 338 g/mol. The van der Waals surface area contributed by atoms with Crippen LogP contribution in [0, 0.1) is 0 Å². The largest absolute Gasteiger partial charge is 0.326 e. The Morgan fingerprint density at radius 1 is 1.08 bits per heavy atom. The molecule has 1 aromatic carbocycles. The molecule has 2 fully saturated rings. The number of benzene rings is 1. The molecule has 5 heteroatoms. The first-order chi connectivity index (χ1) is 12.1. The third kappa shape index (κ3) is 2.97. The highest BCUT2D eigenvalue weighted by molar-refractivity contribution is 5.93. The Bertz CT molecular complexity index is 741. The predicted octanol–water partition coefficient (Wildman–Crippen LogP) is 2.86. The molecule has 1 aromatic heterocycles. The summed E-state index contributed by atoms with van der Waals surface area (Å²) < 4.78 is 1.71. The summed E-state index contributed by atoms with van der Waals surface area (Å²) in [6.07, 6.45) is 6.32. The highest BCUT2D eigenvalue weighted by Crippen LogP contribution is 2.42. The summed E-state index contributed by atoms with van der Waals surface area (Å²) in [6.45, 7) is 1.12. The summed E-state index contributed by atoms with van der Waals surface area (Å²) in [5.74, 6) is 0.0669. The zero-order valence-electron chi connectivity index (χ0n) is 15.0. The lowest BCUT2D eigenvalue weighted by Gasteiger charge is -2.32. The topological polar surface area (TPSA) is 41.4 Å². The molecule has 2 aliphatic heterocycles. The minimum atomic E-state index is 0.0669. The summed E-state index contributed by atoms with van der Waals surface area (Å²) in [5.41, 5.74) is 1.78. The quantitative estimate of drug-likeness (QED) is 0.845. The lowest BCUT2D eigenvalue weighted by Crippen LogP contribution is -2.44. The van der Waals surface area contributed by atoms with Crippen molar-refractivity contribution in [3.05, 3.63) is 53.9 Å². The molecule has 0 aliphatic carbocycles. The van der Waals surface area contributed by atoms with Gasteiger partial charge in [0.15, 0.2) is 0 Å². The van der Waals surface area contributed by atoms with E-state index in [1.807, 2.05) is 25.4 Å². The van der Waals surface area contributed by atoms with E-state index >= 15 is 0 Å². The summed E-state index contributed by atoms with van der Waals surface area (Å²) in [4.78, 5) is 17.9. The van der Waals surface area contributed by atoms with E-state index in [-0.39, 0.29) is 18.0 Å². The van der Waals surface area contributed by atoms with E-state index in [2.05, 4.69) is 46.2 Å². The minimum Gasteiger partial charge on any atom is -0.326 e. The van der Waals surface area contributed by atoms with Gasteiger partial charge >= 0.3 is 0 Å². The third-order valence-electron chi connectivity index (χ3n) is 5.78. The van der Waals surface area contributed by atoms with E-state index in [1.54, 1.807) is 4.68 Å². The van der Waals surface area contributed by atoms with Gasteiger partial charge in [-0.05, 0) is 44.5 Å². The number of likely N-dealkylation sites (tertiary alicyclic amines) is 2. The molecule has 0 radical (unpaired) electrons. The molecule has 0 saturated carbocycles. The summed E-state index contributed by atoms with van der Waals surface area (Å²) in [7, 11) is 4.07. The van der Waals surface area contributed by atoms with Crippen LogP contribution in [-0.4, -0.2) is 51.2 Å². The van der Waals surface area contributed by atoms with Gasteiger partial charge in [0.1, 0.15) is 5.69 Å². The SMILES string of the molecule is CN1CCCC[C@H]2[C@H]1C[C@@H](c1ccccc1)N2C(=O)c1ccn(C)n1. The molecule has 1 amide bonds. The molecule has 5 nitrogen and oxygen atoms in total. The summed E-state index contributed by atoms with van der Waals surface area (Å²) >= 11 is 0. The van der Waals surface area contributed by atoms with Gasteiger partial charge in [0.05, 0.1) is 6.04 Å². The smallest absolute Gasteiger partial charge is 0.275 e. The molecule has 0 spiro atoms. The van der Waals surface area contributed by atoms with Crippen molar-refractivity contribution >= 4 is 5.91 Å². The Labute approximate surface area is 149 Å². The number of rotatable bonds is 2. The first-order valence-corrected chi connectivity index (χ1v) is 9.22. The first kappa shape index (κ1) is 16.3. The van der Waals surface area contributed by atoms with Gasteiger partial charge in [-0.25, -0.2) is 0 Å². The molecule has 0 unspecified atom stereocenters. The second-order valence-corrected chi connectivity index (χ2v) is 7.36. The molecule has 132 valence electrons. The fourth-order valence-corrected chi connectivity index (χ4v) is 4.53. The molecular weight excluding hydrogens is 312 g/mol. The Morgan fingerprint density at radius 3 is 2.60 bits per heavy atom. The third-order valence-corrected chi connectivity index (χ3v) is 5.78. The van der Waals surface area contributed by atoms with Gasteiger partial charge in [0.25, 0.3) is 5.91 Å². The Kier molecular flexibility index (Phi) is 4.34. The molecule has 25 heavy (non-hydrogen) atoms. The highest BCUT2D eigenvalue weighted by atomic mass is 16.2. The number of aryl methyl sites for hydroxylation is 1. The van der Waals surface area contributed by atoms with E-state index in [0.29, 0.717) is 11.7 Å². The van der Waals surface area contributed by atoms with Crippen LogP contribution in [0.1, 0.15) is 47.8 Å². The number of hydrogen-bond donors (Lipinski definition) is 0. The van der Waals surface area contributed by atoms with Gasteiger partial charge in [-0.3, -0.25) is 9.48 Å². The Morgan fingerprint density at radius 2 is 1.88 bits per heavy atom. The molecule has 3 heterocycles. The predicted molar refractivity (Wildman–Crippen MR) is 97.2 cm³/mol. The summed E-state index contributed by atoms with van der Waals surface area (Å²) in [6, 6.07) is 13.1. The van der Waals surface area contributed by atoms with Gasteiger partial charge in [-0.2, -0.15) is 5.10 Å². The Hall–Kier alpha value is -2.14. The number of amides is 1. The zero-order chi connectivity index (χ0) is 17.4. The lowest BCUT2D eigenvalue weighted by atomic mass is 10.0. The van der Waals surface area contributed by atoms with Gasteiger partial charge in [0, 0.05) is 25.3 Å².